The van der Waals surface area contributed by atoms with Crippen LogP contribution in [0.15, 0.2) is 40.9 Å². The van der Waals surface area contributed by atoms with E-state index in [1.54, 1.807) is 18.2 Å². The van der Waals surface area contributed by atoms with Crippen molar-refractivity contribution in [3.63, 3.8) is 0 Å². The van der Waals surface area contributed by atoms with Gasteiger partial charge in [-0.2, -0.15) is 0 Å². The van der Waals surface area contributed by atoms with Crippen molar-refractivity contribution in [3.05, 3.63) is 62.8 Å². The van der Waals surface area contributed by atoms with Gasteiger partial charge in [0.15, 0.2) is 5.78 Å². The molecule has 0 bridgehead atoms. The van der Waals surface area contributed by atoms with Crippen LogP contribution in [0.1, 0.15) is 15.9 Å². The number of carbonyl (C=O) groups excluding carboxylic acids is 1. The van der Waals surface area contributed by atoms with Crippen LogP contribution in [0.4, 0.5) is 10.1 Å². The van der Waals surface area contributed by atoms with Crippen LogP contribution in [-0.2, 0) is 0 Å². The van der Waals surface area contributed by atoms with Crippen LogP contribution in [0.2, 0.25) is 5.02 Å². The highest BCUT2D eigenvalue weighted by atomic mass is 79.9. The van der Waals surface area contributed by atoms with Gasteiger partial charge in [0.05, 0.1) is 15.2 Å². The lowest BCUT2D eigenvalue weighted by Gasteiger charge is -2.04. The molecule has 18 heavy (non-hydrogen) atoms. The van der Waals surface area contributed by atoms with Gasteiger partial charge in [-0.3, -0.25) is 4.79 Å². The fourth-order valence-corrected chi connectivity index (χ4v) is 1.90. The van der Waals surface area contributed by atoms with Crippen molar-refractivity contribution in [2.75, 3.05) is 5.73 Å². The summed E-state index contributed by atoms with van der Waals surface area (Å²) >= 11 is 8.87. The Kier molecular flexibility index (Phi) is 3.68. The zero-order valence-electron chi connectivity index (χ0n) is 9.08. The van der Waals surface area contributed by atoms with E-state index < -0.39 is 5.82 Å². The number of rotatable bonds is 2. The van der Waals surface area contributed by atoms with E-state index >= 15 is 0 Å². The van der Waals surface area contributed by atoms with E-state index in [-0.39, 0.29) is 11.3 Å². The highest BCUT2D eigenvalue weighted by Crippen LogP contribution is 2.23. The lowest BCUT2D eigenvalue weighted by atomic mass is 10.0. The molecule has 0 heterocycles. The Morgan fingerprint density at radius 1 is 1.17 bits per heavy atom. The molecule has 0 saturated carbocycles. The predicted molar refractivity (Wildman–Crippen MR) is 73.4 cm³/mol. The number of nitrogen functional groups attached to an aromatic ring is 1. The molecule has 0 aliphatic carbocycles. The summed E-state index contributed by atoms with van der Waals surface area (Å²) < 4.78 is 13.7. The van der Waals surface area contributed by atoms with Crippen molar-refractivity contribution >= 4 is 39.0 Å². The molecule has 0 aliphatic rings. The van der Waals surface area contributed by atoms with Crippen LogP contribution in [0, 0.1) is 5.82 Å². The molecule has 2 aromatic carbocycles. The molecule has 0 spiro atoms. The van der Waals surface area contributed by atoms with Crippen LogP contribution < -0.4 is 5.73 Å². The number of anilines is 1. The molecule has 2 aromatic rings. The highest BCUT2D eigenvalue weighted by Gasteiger charge is 2.12. The van der Waals surface area contributed by atoms with E-state index in [0.717, 1.165) is 0 Å². The topological polar surface area (TPSA) is 43.1 Å². The van der Waals surface area contributed by atoms with Gasteiger partial charge in [0.25, 0.3) is 0 Å². The monoisotopic (exact) mass is 327 g/mol. The average Bonchev–Trinajstić information content (AvgIpc) is 2.35. The molecule has 0 saturated heterocycles. The third-order valence-electron chi connectivity index (χ3n) is 2.44. The standard InChI is InChI=1S/C13H8BrClFNO/c14-9-3-1-8(6-11(9)16)13(18)7-2-4-12(17)10(15)5-7/h1-6H,17H2. The maximum Gasteiger partial charge on any atom is 0.193 e. The molecule has 92 valence electrons. The molecule has 0 atom stereocenters. The van der Waals surface area contributed by atoms with Gasteiger partial charge in [0, 0.05) is 11.1 Å². The molecule has 2 rings (SSSR count). The molecule has 2 nitrogen and oxygen atoms in total. The van der Waals surface area contributed by atoms with Crippen LogP contribution in [0.5, 0.6) is 0 Å². The lowest BCUT2D eigenvalue weighted by molar-refractivity contribution is 0.103. The number of hydrogen-bond acceptors (Lipinski definition) is 2. The van der Waals surface area contributed by atoms with Gasteiger partial charge in [0.1, 0.15) is 5.82 Å². The maximum absolute atomic E-state index is 13.4. The minimum atomic E-state index is -0.484. The Morgan fingerprint density at radius 3 is 2.39 bits per heavy atom. The van der Waals surface area contributed by atoms with Crippen molar-refractivity contribution in [3.8, 4) is 0 Å². The Morgan fingerprint density at radius 2 is 1.78 bits per heavy atom. The Hall–Kier alpha value is -1.39. The van der Waals surface area contributed by atoms with Crippen molar-refractivity contribution in [1.82, 2.24) is 0 Å². The largest absolute Gasteiger partial charge is 0.398 e. The second-order valence-electron chi connectivity index (χ2n) is 3.69. The maximum atomic E-state index is 13.4. The van der Waals surface area contributed by atoms with Gasteiger partial charge >= 0.3 is 0 Å². The fraction of sp³-hybridized carbons (Fsp3) is 0. The zero-order chi connectivity index (χ0) is 13.3. The van der Waals surface area contributed by atoms with Crippen molar-refractivity contribution in [2.24, 2.45) is 0 Å². The molecule has 0 radical (unpaired) electrons. The first-order valence-corrected chi connectivity index (χ1v) is 6.21. The van der Waals surface area contributed by atoms with Gasteiger partial charge in [-0.25, -0.2) is 4.39 Å². The van der Waals surface area contributed by atoms with Crippen molar-refractivity contribution in [1.29, 1.82) is 0 Å². The van der Waals surface area contributed by atoms with E-state index in [4.69, 9.17) is 17.3 Å². The minimum absolute atomic E-state index is 0.261. The zero-order valence-corrected chi connectivity index (χ0v) is 11.4. The van der Waals surface area contributed by atoms with Crippen LogP contribution in [-0.4, -0.2) is 5.78 Å². The molecular weight excluding hydrogens is 321 g/mol. The molecular formula is C13H8BrClFNO. The number of hydrogen-bond donors (Lipinski definition) is 1. The van der Waals surface area contributed by atoms with E-state index in [9.17, 15) is 9.18 Å². The second-order valence-corrected chi connectivity index (χ2v) is 4.96. The van der Waals surface area contributed by atoms with Crippen LogP contribution in [0.3, 0.4) is 0 Å². The first-order valence-electron chi connectivity index (χ1n) is 5.04. The number of carbonyl (C=O) groups is 1. The Bertz CT molecular complexity index is 577. The summed E-state index contributed by atoms with van der Waals surface area (Å²) in [6.45, 7) is 0. The summed E-state index contributed by atoms with van der Waals surface area (Å²) in [5.41, 5.74) is 6.59. The summed E-state index contributed by atoms with van der Waals surface area (Å²) in [5.74, 6) is -0.786. The molecule has 2 N–H and O–H groups in total. The van der Waals surface area contributed by atoms with E-state index in [0.29, 0.717) is 20.7 Å². The van der Waals surface area contributed by atoms with Gasteiger partial charge < -0.3 is 5.73 Å². The number of halogens is 3. The predicted octanol–water partition coefficient (Wildman–Crippen LogP) is 4.05. The first-order chi connectivity index (χ1) is 8.49. The van der Waals surface area contributed by atoms with Gasteiger partial charge in [-0.05, 0) is 52.3 Å². The van der Waals surface area contributed by atoms with Crippen LogP contribution >= 0.6 is 27.5 Å². The third-order valence-corrected chi connectivity index (χ3v) is 3.41. The number of benzene rings is 2. The number of nitrogens with two attached hydrogens (primary N) is 1. The van der Waals surface area contributed by atoms with Crippen LogP contribution in [0.25, 0.3) is 0 Å². The lowest BCUT2D eigenvalue weighted by Crippen LogP contribution is -2.02. The average molecular weight is 329 g/mol. The smallest absolute Gasteiger partial charge is 0.193 e. The Balaban J connectivity index is 2.41. The fourth-order valence-electron chi connectivity index (χ4n) is 1.47. The second kappa shape index (κ2) is 5.08. The van der Waals surface area contributed by atoms with E-state index in [1.165, 1.54) is 18.2 Å². The third kappa shape index (κ3) is 2.54. The summed E-state index contributed by atoms with van der Waals surface area (Å²) in [5, 5.41) is 0.304. The van der Waals surface area contributed by atoms with E-state index in [1.807, 2.05) is 0 Å². The van der Waals surface area contributed by atoms with Gasteiger partial charge in [-0.15, -0.1) is 0 Å². The summed E-state index contributed by atoms with van der Waals surface area (Å²) in [6, 6.07) is 8.78. The summed E-state index contributed by atoms with van der Waals surface area (Å²) in [7, 11) is 0. The molecule has 0 amide bonds. The molecule has 5 heteroatoms. The van der Waals surface area contributed by atoms with Crippen molar-refractivity contribution in [2.45, 2.75) is 0 Å². The van der Waals surface area contributed by atoms with E-state index in [2.05, 4.69) is 15.9 Å². The normalized spacial score (nSPS) is 10.4. The molecule has 0 fully saturated rings. The summed E-state index contributed by atoms with van der Waals surface area (Å²) in [6.07, 6.45) is 0. The SMILES string of the molecule is Nc1ccc(C(=O)c2ccc(Br)c(F)c2)cc1Cl. The number of ketones is 1. The van der Waals surface area contributed by atoms with Gasteiger partial charge in [0.2, 0.25) is 0 Å². The Labute approximate surface area is 117 Å². The first kappa shape index (κ1) is 13.1. The van der Waals surface area contributed by atoms with Crippen molar-refractivity contribution < 1.29 is 9.18 Å². The molecule has 0 aliphatic heterocycles. The minimum Gasteiger partial charge on any atom is -0.398 e. The quantitative estimate of drug-likeness (QED) is 0.667. The highest BCUT2D eigenvalue weighted by molar-refractivity contribution is 9.10. The molecule has 0 aromatic heterocycles. The summed E-state index contributed by atoms with van der Waals surface area (Å²) in [4.78, 5) is 12.1. The molecule has 0 unspecified atom stereocenters. The van der Waals surface area contributed by atoms with Gasteiger partial charge in [-0.1, -0.05) is 11.6 Å².